The van der Waals surface area contributed by atoms with Gasteiger partial charge in [-0.25, -0.2) is 8.42 Å². The highest BCUT2D eigenvalue weighted by Gasteiger charge is 2.28. The number of carbonyl (C=O) groups excluding carboxylic acids is 1. The molecule has 0 saturated carbocycles. The molecule has 0 bridgehead atoms. The van der Waals surface area contributed by atoms with Crippen molar-refractivity contribution in [2.45, 2.75) is 23.1 Å². The number of ketones is 1. The third-order valence-corrected chi connectivity index (χ3v) is 7.08. The van der Waals surface area contributed by atoms with Crippen LogP contribution in [0.4, 0.5) is 0 Å². The summed E-state index contributed by atoms with van der Waals surface area (Å²) in [6, 6.07) is 20.3. The molecule has 0 fully saturated rings. The van der Waals surface area contributed by atoms with Crippen molar-refractivity contribution in [1.82, 2.24) is 4.98 Å². The number of sulfone groups is 1. The summed E-state index contributed by atoms with van der Waals surface area (Å²) in [7, 11) is -2.50. The standard InChI is InChI=1S/C25H21NO4S/c1-3-17-9-14-23-21(15-17)25(31(28,29)20-12-10-19(30-2)11-13-20)22(16-26-23)24(27)18-7-5-4-6-8-18/h4-16H,3H2,1-2H3. The van der Waals surface area contributed by atoms with Crippen LogP contribution in [-0.2, 0) is 16.3 Å². The van der Waals surface area contributed by atoms with Gasteiger partial charge in [0.1, 0.15) is 5.75 Å². The summed E-state index contributed by atoms with van der Waals surface area (Å²) in [5.41, 5.74) is 1.95. The number of aryl methyl sites for hydroxylation is 1. The molecule has 0 aliphatic heterocycles. The van der Waals surface area contributed by atoms with E-state index in [0.29, 0.717) is 22.2 Å². The van der Waals surface area contributed by atoms with Gasteiger partial charge in [0.25, 0.3) is 0 Å². The van der Waals surface area contributed by atoms with E-state index in [-0.39, 0.29) is 21.1 Å². The lowest BCUT2D eigenvalue weighted by atomic mass is 10.0. The molecule has 0 radical (unpaired) electrons. The van der Waals surface area contributed by atoms with Crippen LogP contribution in [0.1, 0.15) is 28.4 Å². The summed E-state index contributed by atoms with van der Waals surface area (Å²) in [6.45, 7) is 1.99. The number of fused-ring (bicyclic) bond motifs is 1. The molecule has 5 nitrogen and oxygen atoms in total. The van der Waals surface area contributed by atoms with Crippen LogP contribution in [-0.4, -0.2) is 26.3 Å². The lowest BCUT2D eigenvalue weighted by Crippen LogP contribution is -2.13. The molecule has 0 spiro atoms. The van der Waals surface area contributed by atoms with Crippen LogP contribution in [0.3, 0.4) is 0 Å². The second-order valence-corrected chi connectivity index (χ2v) is 8.97. The Labute approximate surface area is 181 Å². The molecule has 0 atom stereocenters. The first kappa shape index (κ1) is 20.8. The minimum absolute atomic E-state index is 0.0215. The van der Waals surface area contributed by atoms with Crippen molar-refractivity contribution in [1.29, 1.82) is 0 Å². The smallest absolute Gasteiger partial charge is 0.208 e. The first-order valence-electron chi connectivity index (χ1n) is 9.86. The van der Waals surface area contributed by atoms with Gasteiger partial charge in [0.15, 0.2) is 5.78 Å². The van der Waals surface area contributed by atoms with E-state index in [2.05, 4.69) is 4.98 Å². The molecule has 0 aliphatic carbocycles. The molecule has 4 rings (SSSR count). The monoisotopic (exact) mass is 431 g/mol. The summed E-state index contributed by atoms with van der Waals surface area (Å²) in [5.74, 6) is 0.163. The first-order valence-corrected chi connectivity index (χ1v) is 11.3. The van der Waals surface area contributed by atoms with E-state index in [1.165, 1.54) is 25.4 Å². The van der Waals surface area contributed by atoms with Crippen LogP contribution < -0.4 is 4.74 Å². The maximum Gasteiger partial charge on any atom is 0.208 e. The molecule has 4 aromatic rings. The molecule has 156 valence electrons. The van der Waals surface area contributed by atoms with Gasteiger partial charge in [0.2, 0.25) is 9.84 Å². The number of ether oxygens (including phenoxy) is 1. The number of carbonyl (C=O) groups is 1. The van der Waals surface area contributed by atoms with Gasteiger partial charge in [-0.1, -0.05) is 43.3 Å². The Morgan fingerprint density at radius 1 is 0.968 bits per heavy atom. The lowest BCUT2D eigenvalue weighted by molar-refractivity contribution is 0.103. The third kappa shape index (κ3) is 3.82. The van der Waals surface area contributed by atoms with Crippen LogP contribution in [0.5, 0.6) is 5.75 Å². The Bertz CT molecular complexity index is 1360. The molecule has 0 aliphatic rings. The van der Waals surface area contributed by atoms with Crippen LogP contribution in [0.15, 0.2) is 88.8 Å². The second-order valence-electron chi connectivity index (χ2n) is 7.08. The lowest BCUT2D eigenvalue weighted by Gasteiger charge is -2.14. The normalized spacial score (nSPS) is 11.4. The fourth-order valence-corrected chi connectivity index (χ4v) is 5.12. The Balaban J connectivity index is 2.03. The van der Waals surface area contributed by atoms with E-state index in [0.717, 1.165) is 12.0 Å². The van der Waals surface area contributed by atoms with E-state index in [4.69, 9.17) is 4.74 Å². The minimum Gasteiger partial charge on any atom is -0.497 e. The second kappa shape index (κ2) is 8.32. The molecular formula is C25H21NO4S. The molecule has 1 aromatic heterocycles. The zero-order valence-electron chi connectivity index (χ0n) is 17.2. The molecule has 3 aromatic carbocycles. The van der Waals surface area contributed by atoms with E-state index in [1.807, 2.05) is 13.0 Å². The summed E-state index contributed by atoms with van der Waals surface area (Å²) in [4.78, 5) is 17.8. The van der Waals surface area contributed by atoms with Crippen LogP contribution in [0.2, 0.25) is 0 Å². The van der Waals surface area contributed by atoms with E-state index >= 15 is 0 Å². The van der Waals surface area contributed by atoms with Gasteiger partial charge in [-0.05, 0) is 48.4 Å². The Morgan fingerprint density at radius 3 is 2.32 bits per heavy atom. The van der Waals surface area contributed by atoms with E-state index in [9.17, 15) is 13.2 Å². The fraction of sp³-hybridized carbons (Fsp3) is 0.120. The van der Waals surface area contributed by atoms with Gasteiger partial charge in [0.05, 0.1) is 28.0 Å². The quantitative estimate of drug-likeness (QED) is 0.407. The average molecular weight is 432 g/mol. The number of nitrogens with zero attached hydrogens (tertiary/aromatic N) is 1. The molecule has 6 heteroatoms. The van der Waals surface area contributed by atoms with Gasteiger partial charge in [-0.3, -0.25) is 9.78 Å². The minimum atomic E-state index is -4.02. The van der Waals surface area contributed by atoms with Crippen LogP contribution in [0, 0.1) is 0 Å². The van der Waals surface area contributed by atoms with Gasteiger partial charge in [0, 0.05) is 17.1 Å². The topological polar surface area (TPSA) is 73.3 Å². The maximum absolute atomic E-state index is 13.8. The number of hydrogen-bond acceptors (Lipinski definition) is 5. The number of hydrogen-bond donors (Lipinski definition) is 0. The van der Waals surface area contributed by atoms with Gasteiger partial charge < -0.3 is 4.74 Å². The predicted molar refractivity (Wildman–Crippen MR) is 119 cm³/mol. The molecule has 31 heavy (non-hydrogen) atoms. The maximum atomic E-state index is 13.8. The molecular weight excluding hydrogens is 410 g/mol. The Kier molecular flexibility index (Phi) is 5.57. The van der Waals surface area contributed by atoms with Crippen molar-refractivity contribution in [2.75, 3.05) is 7.11 Å². The predicted octanol–water partition coefficient (Wildman–Crippen LogP) is 4.87. The van der Waals surface area contributed by atoms with Crippen molar-refractivity contribution in [2.24, 2.45) is 0 Å². The largest absolute Gasteiger partial charge is 0.497 e. The number of pyridine rings is 1. The highest BCUT2D eigenvalue weighted by molar-refractivity contribution is 7.91. The number of aromatic nitrogens is 1. The fourth-order valence-electron chi connectivity index (χ4n) is 3.50. The van der Waals surface area contributed by atoms with Crippen molar-refractivity contribution >= 4 is 26.5 Å². The zero-order valence-corrected chi connectivity index (χ0v) is 18.0. The molecule has 0 unspecified atom stereocenters. The van der Waals surface area contributed by atoms with Crippen LogP contribution in [0.25, 0.3) is 10.9 Å². The van der Waals surface area contributed by atoms with Crippen molar-refractivity contribution in [3.8, 4) is 5.75 Å². The first-order chi connectivity index (χ1) is 15.0. The summed E-state index contributed by atoms with van der Waals surface area (Å²) in [6.07, 6.45) is 2.09. The van der Waals surface area contributed by atoms with E-state index < -0.39 is 9.84 Å². The number of methoxy groups -OCH3 is 1. The molecule has 0 amide bonds. The summed E-state index contributed by atoms with van der Waals surface area (Å²) < 4.78 is 32.7. The molecule has 0 saturated heterocycles. The molecule has 0 N–H and O–H groups in total. The van der Waals surface area contributed by atoms with Gasteiger partial charge >= 0.3 is 0 Å². The Hall–Kier alpha value is -3.51. The SMILES string of the molecule is CCc1ccc2ncc(C(=O)c3ccccc3)c(S(=O)(=O)c3ccc(OC)cc3)c2c1. The van der Waals surface area contributed by atoms with Gasteiger partial charge in [-0.15, -0.1) is 0 Å². The van der Waals surface area contributed by atoms with Crippen molar-refractivity contribution in [3.63, 3.8) is 0 Å². The van der Waals surface area contributed by atoms with Crippen LogP contribution >= 0.6 is 0 Å². The van der Waals surface area contributed by atoms with Gasteiger partial charge in [-0.2, -0.15) is 0 Å². The average Bonchev–Trinajstić information content (AvgIpc) is 2.82. The Morgan fingerprint density at radius 2 is 1.68 bits per heavy atom. The molecule has 1 heterocycles. The summed E-state index contributed by atoms with van der Waals surface area (Å²) >= 11 is 0. The highest BCUT2D eigenvalue weighted by Crippen LogP contribution is 2.33. The third-order valence-electron chi connectivity index (χ3n) is 5.21. The highest BCUT2D eigenvalue weighted by atomic mass is 32.2. The van der Waals surface area contributed by atoms with E-state index in [1.54, 1.807) is 54.6 Å². The number of rotatable bonds is 6. The number of benzene rings is 3. The zero-order chi connectivity index (χ0) is 22.0. The van der Waals surface area contributed by atoms with Crippen molar-refractivity contribution < 1.29 is 17.9 Å². The van der Waals surface area contributed by atoms with Crippen molar-refractivity contribution in [3.05, 3.63) is 95.7 Å². The summed E-state index contributed by atoms with van der Waals surface area (Å²) in [5, 5.41) is 0.442.